The molecule has 0 aliphatic heterocycles. The van der Waals surface area contributed by atoms with Crippen LogP contribution in [-0.4, -0.2) is 11.7 Å². The molecule has 2 N–H and O–H groups in total. The van der Waals surface area contributed by atoms with Crippen LogP contribution < -0.4 is 10.1 Å². The number of rotatable bonds is 6. The molecule has 2 aromatic carbocycles. The van der Waals surface area contributed by atoms with E-state index in [1.807, 2.05) is 36.4 Å². The summed E-state index contributed by atoms with van der Waals surface area (Å²) in [7, 11) is 0. The second kappa shape index (κ2) is 7.36. The summed E-state index contributed by atoms with van der Waals surface area (Å²) in [4.78, 5) is 0. The molecule has 4 heteroatoms. The first-order valence-electron chi connectivity index (χ1n) is 6.99. The molecule has 0 aliphatic rings. The Kier molecular flexibility index (Phi) is 5.51. The molecule has 0 aromatic heterocycles. The van der Waals surface area contributed by atoms with Gasteiger partial charge in [-0.25, -0.2) is 0 Å². The first-order valence-corrected chi connectivity index (χ1v) is 7.78. The van der Waals surface area contributed by atoms with Crippen molar-refractivity contribution in [2.45, 2.75) is 20.4 Å². The van der Waals surface area contributed by atoms with Gasteiger partial charge in [-0.05, 0) is 36.2 Å². The van der Waals surface area contributed by atoms with Crippen molar-refractivity contribution in [3.8, 4) is 11.5 Å². The number of nitrogens with one attached hydrogen (secondary N) is 1. The second-order valence-corrected chi connectivity index (χ2v) is 6.24. The smallest absolute Gasteiger partial charge is 0.142 e. The highest BCUT2D eigenvalue weighted by Gasteiger charge is 2.06. The van der Waals surface area contributed by atoms with Crippen LogP contribution in [-0.2, 0) is 6.54 Å². The van der Waals surface area contributed by atoms with E-state index in [0.29, 0.717) is 19.1 Å². The van der Waals surface area contributed by atoms with Gasteiger partial charge in [-0.15, -0.1) is 0 Å². The molecule has 0 spiro atoms. The Hall–Kier alpha value is -1.68. The minimum Gasteiger partial charge on any atom is -0.508 e. The number of aromatic hydroxyl groups is 1. The second-order valence-electron chi connectivity index (χ2n) is 5.33. The average molecular weight is 350 g/mol. The maximum atomic E-state index is 9.87. The van der Waals surface area contributed by atoms with Crippen molar-refractivity contribution >= 4 is 21.6 Å². The van der Waals surface area contributed by atoms with Crippen LogP contribution in [0.5, 0.6) is 11.5 Å². The molecule has 0 amide bonds. The molecule has 0 aliphatic carbocycles. The molecular formula is C17H20BrNO2. The van der Waals surface area contributed by atoms with Crippen LogP contribution in [0.15, 0.2) is 46.9 Å². The van der Waals surface area contributed by atoms with Gasteiger partial charge in [-0.2, -0.15) is 0 Å². The van der Waals surface area contributed by atoms with Gasteiger partial charge >= 0.3 is 0 Å². The monoisotopic (exact) mass is 349 g/mol. The Morgan fingerprint density at radius 2 is 1.95 bits per heavy atom. The number of halogens is 1. The molecule has 0 saturated carbocycles. The number of phenols is 1. The molecule has 0 atom stereocenters. The molecule has 3 nitrogen and oxygen atoms in total. The number of para-hydroxylation sites is 2. The van der Waals surface area contributed by atoms with Gasteiger partial charge in [0.05, 0.1) is 12.3 Å². The number of benzene rings is 2. The van der Waals surface area contributed by atoms with Crippen molar-refractivity contribution in [1.82, 2.24) is 0 Å². The number of hydrogen-bond acceptors (Lipinski definition) is 3. The molecule has 0 heterocycles. The molecule has 2 rings (SSSR count). The van der Waals surface area contributed by atoms with E-state index < -0.39 is 0 Å². The highest BCUT2D eigenvalue weighted by molar-refractivity contribution is 9.10. The maximum Gasteiger partial charge on any atom is 0.142 e. The Morgan fingerprint density at radius 3 is 2.71 bits per heavy atom. The van der Waals surface area contributed by atoms with Crippen molar-refractivity contribution in [1.29, 1.82) is 0 Å². The predicted molar refractivity (Wildman–Crippen MR) is 89.9 cm³/mol. The molecule has 112 valence electrons. The van der Waals surface area contributed by atoms with E-state index >= 15 is 0 Å². The summed E-state index contributed by atoms with van der Waals surface area (Å²) < 4.78 is 6.75. The van der Waals surface area contributed by atoms with E-state index in [1.54, 1.807) is 6.07 Å². The molecule has 0 fully saturated rings. The number of phenolic OH excluding ortho intramolecular Hbond substituents is 1. The van der Waals surface area contributed by atoms with Gasteiger partial charge < -0.3 is 15.2 Å². The van der Waals surface area contributed by atoms with Crippen LogP contribution >= 0.6 is 15.9 Å². The molecular weight excluding hydrogens is 330 g/mol. The lowest BCUT2D eigenvalue weighted by Crippen LogP contribution is -2.07. The zero-order valence-corrected chi connectivity index (χ0v) is 13.9. The summed E-state index contributed by atoms with van der Waals surface area (Å²) in [6.45, 7) is 5.46. The average Bonchev–Trinajstić information content (AvgIpc) is 2.47. The van der Waals surface area contributed by atoms with E-state index in [-0.39, 0.29) is 5.75 Å². The van der Waals surface area contributed by atoms with Gasteiger partial charge in [0.15, 0.2) is 0 Å². The molecule has 0 unspecified atom stereocenters. The molecule has 0 bridgehead atoms. The summed E-state index contributed by atoms with van der Waals surface area (Å²) in [6, 6.07) is 13.2. The number of hydrogen-bond donors (Lipinski definition) is 2. The van der Waals surface area contributed by atoms with Crippen molar-refractivity contribution < 1.29 is 9.84 Å². The number of ether oxygens (including phenoxy) is 1. The minimum absolute atomic E-state index is 0.284. The van der Waals surface area contributed by atoms with Gasteiger partial charge in [-0.3, -0.25) is 0 Å². The van der Waals surface area contributed by atoms with Crippen molar-refractivity contribution in [2.24, 2.45) is 5.92 Å². The summed E-state index contributed by atoms with van der Waals surface area (Å²) in [5, 5.41) is 13.2. The Balaban J connectivity index is 2.07. The third-order valence-corrected chi connectivity index (χ3v) is 3.46. The lowest BCUT2D eigenvalue weighted by Gasteiger charge is -2.15. The SMILES string of the molecule is CC(C)COc1ccccc1NCc1cc(Br)ccc1O. The number of anilines is 1. The minimum atomic E-state index is 0.284. The van der Waals surface area contributed by atoms with Crippen molar-refractivity contribution in [2.75, 3.05) is 11.9 Å². The summed E-state index contributed by atoms with van der Waals surface area (Å²) >= 11 is 3.41. The van der Waals surface area contributed by atoms with Crippen LogP contribution in [0.2, 0.25) is 0 Å². The van der Waals surface area contributed by atoms with Gasteiger partial charge in [0.25, 0.3) is 0 Å². The quantitative estimate of drug-likeness (QED) is 0.786. The summed E-state index contributed by atoms with van der Waals surface area (Å²) in [5.74, 6) is 1.60. The van der Waals surface area contributed by atoms with Crippen LogP contribution in [0.3, 0.4) is 0 Å². The van der Waals surface area contributed by atoms with Crippen LogP contribution in [0, 0.1) is 5.92 Å². The molecule has 0 radical (unpaired) electrons. The lowest BCUT2D eigenvalue weighted by atomic mass is 10.2. The van der Waals surface area contributed by atoms with E-state index in [9.17, 15) is 5.11 Å². The standard InChI is InChI=1S/C17H20BrNO2/c1-12(2)11-21-17-6-4-3-5-15(17)19-10-13-9-14(18)7-8-16(13)20/h3-9,12,19-20H,10-11H2,1-2H3. The van der Waals surface area contributed by atoms with Gasteiger partial charge in [0.1, 0.15) is 11.5 Å². The first kappa shape index (κ1) is 15.7. The van der Waals surface area contributed by atoms with Crippen molar-refractivity contribution in [3.05, 3.63) is 52.5 Å². The molecule has 2 aromatic rings. The Bertz CT molecular complexity index is 599. The van der Waals surface area contributed by atoms with E-state index in [2.05, 4.69) is 35.1 Å². The Labute approximate surface area is 134 Å². The van der Waals surface area contributed by atoms with Gasteiger partial charge in [-0.1, -0.05) is 41.9 Å². The lowest BCUT2D eigenvalue weighted by molar-refractivity contribution is 0.272. The highest BCUT2D eigenvalue weighted by atomic mass is 79.9. The van der Waals surface area contributed by atoms with E-state index in [1.165, 1.54) is 0 Å². The molecule has 21 heavy (non-hydrogen) atoms. The predicted octanol–water partition coefficient (Wildman–Crippen LogP) is 4.80. The summed E-state index contributed by atoms with van der Waals surface area (Å²) in [5.41, 5.74) is 1.76. The molecule has 0 saturated heterocycles. The zero-order valence-electron chi connectivity index (χ0n) is 12.3. The van der Waals surface area contributed by atoms with Gasteiger partial charge in [0, 0.05) is 16.6 Å². The van der Waals surface area contributed by atoms with Gasteiger partial charge in [0.2, 0.25) is 0 Å². The van der Waals surface area contributed by atoms with Crippen molar-refractivity contribution in [3.63, 3.8) is 0 Å². The Morgan fingerprint density at radius 1 is 1.19 bits per heavy atom. The summed E-state index contributed by atoms with van der Waals surface area (Å²) in [6.07, 6.45) is 0. The first-order chi connectivity index (χ1) is 10.1. The van der Waals surface area contributed by atoms with E-state index in [0.717, 1.165) is 21.5 Å². The van der Waals surface area contributed by atoms with Crippen LogP contribution in [0.1, 0.15) is 19.4 Å². The fraction of sp³-hybridized carbons (Fsp3) is 0.294. The highest BCUT2D eigenvalue weighted by Crippen LogP contribution is 2.27. The maximum absolute atomic E-state index is 9.87. The third-order valence-electron chi connectivity index (χ3n) is 2.97. The zero-order chi connectivity index (χ0) is 15.2. The fourth-order valence-corrected chi connectivity index (χ4v) is 2.29. The third kappa shape index (κ3) is 4.67. The van der Waals surface area contributed by atoms with Crippen LogP contribution in [0.4, 0.5) is 5.69 Å². The van der Waals surface area contributed by atoms with Crippen LogP contribution in [0.25, 0.3) is 0 Å². The largest absolute Gasteiger partial charge is 0.508 e. The fourth-order valence-electron chi connectivity index (χ4n) is 1.88. The van der Waals surface area contributed by atoms with E-state index in [4.69, 9.17) is 4.74 Å². The topological polar surface area (TPSA) is 41.5 Å². The normalized spacial score (nSPS) is 10.7.